The number of rotatable bonds is 6. The number of imidazole rings is 1. The molecule has 136 valence electrons. The highest BCUT2D eigenvalue weighted by molar-refractivity contribution is 5.80. The third-order valence-electron chi connectivity index (χ3n) is 3.82. The van der Waals surface area contributed by atoms with Crippen LogP contribution in [-0.2, 0) is 13.6 Å². The number of aromatic amines is 1. The van der Waals surface area contributed by atoms with E-state index < -0.39 is 11.2 Å². The Morgan fingerprint density at radius 3 is 2.73 bits per heavy atom. The number of benzene rings is 1. The van der Waals surface area contributed by atoms with E-state index in [1.807, 2.05) is 12.1 Å². The van der Waals surface area contributed by atoms with Crippen molar-refractivity contribution in [3.05, 3.63) is 50.7 Å². The van der Waals surface area contributed by atoms with Crippen LogP contribution in [0.1, 0.15) is 5.56 Å². The number of H-pyrrole nitrogens is 1. The van der Waals surface area contributed by atoms with E-state index in [1.54, 1.807) is 25.5 Å². The topological polar surface area (TPSA) is 127 Å². The second-order valence-corrected chi connectivity index (χ2v) is 5.44. The highest BCUT2D eigenvalue weighted by atomic mass is 16.5. The lowest BCUT2D eigenvalue weighted by atomic mass is 10.2. The molecule has 3 aromatic rings. The van der Waals surface area contributed by atoms with E-state index in [-0.39, 0.29) is 30.3 Å². The van der Waals surface area contributed by atoms with E-state index in [4.69, 9.17) is 4.74 Å². The third-order valence-corrected chi connectivity index (χ3v) is 3.82. The molecule has 0 saturated carbocycles. The van der Waals surface area contributed by atoms with Crippen molar-refractivity contribution >= 4 is 23.3 Å². The number of hydrazone groups is 1. The van der Waals surface area contributed by atoms with Gasteiger partial charge in [0.1, 0.15) is 5.75 Å². The molecule has 0 saturated heterocycles. The summed E-state index contributed by atoms with van der Waals surface area (Å²) in [4.78, 5) is 30.3. The number of aliphatic hydroxyl groups is 1. The van der Waals surface area contributed by atoms with Crippen molar-refractivity contribution in [1.82, 2.24) is 19.1 Å². The SMILES string of the molecule is COc1ccc(/C=N/Nc2nc3c(c(=O)[nH]c(=O)n3C)n2CCO)cc1. The Kier molecular flexibility index (Phi) is 4.85. The van der Waals surface area contributed by atoms with Gasteiger partial charge in [0.05, 0.1) is 19.9 Å². The number of nitrogens with zero attached hydrogens (tertiary/aromatic N) is 4. The van der Waals surface area contributed by atoms with Crippen LogP contribution in [0.5, 0.6) is 5.75 Å². The maximum atomic E-state index is 12.1. The van der Waals surface area contributed by atoms with Gasteiger partial charge >= 0.3 is 5.69 Å². The fourth-order valence-corrected chi connectivity index (χ4v) is 2.49. The zero-order valence-corrected chi connectivity index (χ0v) is 14.3. The van der Waals surface area contributed by atoms with Crippen LogP contribution in [0.3, 0.4) is 0 Å². The van der Waals surface area contributed by atoms with E-state index in [9.17, 15) is 14.7 Å². The van der Waals surface area contributed by atoms with Crippen LogP contribution in [0.15, 0.2) is 39.0 Å². The molecule has 10 heteroatoms. The molecule has 0 fully saturated rings. The molecule has 3 N–H and O–H groups in total. The average molecular weight is 358 g/mol. The summed E-state index contributed by atoms with van der Waals surface area (Å²) in [7, 11) is 3.09. The number of aliphatic hydroxyl groups excluding tert-OH is 1. The number of anilines is 1. The van der Waals surface area contributed by atoms with Crippen LogP contribution in [0.2, 0.25) is 0 Å². The summed E-state index contributed by atoms with van der Waals surface area (Å²) in [6.07, 6.45) is 1.57. The molecule has 0 unspecified atom stereocenters. The van der Waals surface area contributed by atoms with Gasteiger partial charge in [-0.1, -0.05) is 0 Å². The van der Waals surface area contributed by atoms with Gasteiger partial charge < -0.3 is 14.4 Å². The largest absolute Gasteiger partial charge is 0.497 e. The Morgan fingerprint density at radius 2 is 2.08 bits per heavy atom. The van der Waals surface area contributed by atoms with E-state index in [0.717, 1.165) is 11.3 Å². The highest BCUT2D eigenvalue weighted by Crippen LogP contribution is 2.15. The first kappa shape index (κ1) is 17.4. The maximum absolute atomic E-state index is 12.1. The number of ether oxygens (including phenoxy) is 1. The van der Waals surface area contributed by atoms with Crippen LogP contribution in [0.25, 0.3) is 11.2 Å². The second kappa shape index (κ2) is 7.23. The molecule has 0 atom stereocenters. The number of methoxy groups -OCH3 is 1. The predicted octanol–water partition coefficient (Wildman–Crippen LogP) is -0.130. The summed E-state index contributed by atoms with van der Waals surface area (Å²) >= 11 is 0. The first-order valence-electron chi connectivity index (χ1n) is 7.78. The van der Waals surface area contributed by atoms with E-state index in [1.165, 1.54) is 16.2 Å². The molecule has 0 amide bonds. The van der Waals surface area contributed by atoms with Crippen molar-refractivity contribution in [2.75, 3.05) is 19.1 Å². The lowest BCUT2D eigenvalue weighted by Gasteiger charge is -2.05. The van der Waals surface area contributed by atoms with Crippen molar-refractivity contribution in [2.24, 2.45) is 12.1 Å². The standard InChI is InChI=1S/C16H18N6O4/c1-21-13-12(14(24)19-16(21)25)22(7-8-23)15(18-13)20-17-9-10-3-5-11(26-2)6-4-10/h3-6,9,23H,7-8H2,1-2H3,(H,18,20)(H,19,24,25)/b17-9+. The molecule has 2 heterocycles. The predicted molar refractivity (Wildman–Crippen MR) is 96.9 cm³/mol. The minimum absolute atomic E-state index is 0.123. The summed E-state index contributed by atoms with van der Waals surface area (Å²) in [6.45, 7) is -0.0806. The van der Waals surface area contributed by atoms with Crippen LogP contribution in [0.4, 0.5) is 5.95 Å². The van der Waals surface area contributed by atoms with Crippen molar-refractivity contribution in [2.45, 2.75) is 6.54 Å². The zero-order valence-electron chi connectivity index (χ0n) is 14.3. The highest BCUT2D eigenvalue weighted by Gasteiger charge is 2.16. The second-order valence-electron chi connectivity index (χ2n) is 5.44. The van der Waals surface area contributed by atoms with Gasteiger partial charge in [-0.3, -0.25) is 14.3 Å². The monoisotopic (exact) mass is 358 g/mol. The van der Waals surface area contributed by atoms with Gasteiger partial charge in [-0.15, -0.1) is 0 Å². The molecular weight excluding hydrogens is 340 g/mol. The van der Waals surface area contributed by atoms with Gasteiger partial charge in [0.2, 0.25) is 5.95 Å². The van der Waals surface area contributed by atoms with Gasteiger partial charge in [0, 0.05) is 13.6 Å². The first-order chi connectivity index (χ1) is 12.5. The lowest BCUT2D eigenvalue weighted by Crippen LogP contribution is -2.29. The Labute approximate surface area is 147 Å². The summed E-state index contributed by atoms with van der Waals surface area (Å²) in [5, 5.41) is 13.4. The number of aromatic nitrogens is 4. The molecule has 0 spiro atoms. The summed E-state index contributed by atoms with van der Waals surface area (Å²) in [5.41, 5.74) is 2.82. The van der Waals surface area contributed by atoms with Crippen molar-refractivity contribution in [1.29, 1.82) is 0 Å². The zero-order chi connectivity index (χ0) is 18.7. The van der Waals surface area contributed by atoms with E-state index >= 15 is 0 Å². The fraction of sp³-hybridized carbons (Fsp3) is 0.250. The van der Waals surface area contributed by atoms with E-state index in [0.29, 0.717) is 0 Å². The van der Waals surface area contributed by atoms with Crippen LogP contribution in [-0.4, -0.2) is 44.1 Å². The summed E-state index contributed by atoms with van der Waals surface area (Å²) in [5.74, 6) is 0.977. The molecule has 0 bridgehead atoms. The minimum atomic E-state index is -0.573. The number of nitrogens with one attached hydrogen (secondary N) is 2. The Balaban J connectivity index is 1.96. The summed E-state index contributed by atoms with van der Waals surface area (Å²) in [6, 6.07) is 7.26. The number of fused-ring (bicyclic) bond motifs is 1. The maximum Gasteiger partial charge on any atom is 0.329 e. The molecule has 0 radical (unpaired) electrons. The molecule has 3 rings (SSSR count). The van der Waals surface area contributed by atoms with Crippen molar-refractivity contribution < 1.29 is 9.84 Å². The van der Waals surface area contributed by atoms with Gasteiger partial charge in [-0.25, -0.2) is 10.2 Å². The van der Waals surface area contributed by atoms with Crippen LogP contribution < -0.4 is 21.4 Å². The smallest absolute Gasteiger partial charge is 0.329 e. The molecule has 10 nitrogen and oxygen atoms in total. The van der Waals surface area contributed by atoms with Crippen molar-refractivity contribution in [3.8, 4) is 5.75 Å². The molecule has 0 aliphatic rings. The molecule has 1 aromatic carbocycles. The van der Waals surface area contributed by atoms with Gasteiger partial charge in [-0.2, -0.15) is 10.1 Å². The number of hydrogen-bond donors (Lipinski definition) is 3. The van der Waals surface area contributed by atoms with Gasteiger partial charge in [0.25, 0.3) is 5.56 Å². The Hall–Kier alpha value is -3.40. The lowest BCUT2D eigenvalue weighted by molar-refractivity contribution is 0.278. The van der Waals surface area contributed by atoms with Crippen LogP contribution in [0, 0.1) is 0 Å². The Bertz CT molecular complexity index is 1060. The average Bonchev–Trinajstić information content (AvgIpc) is 3.00. The molecular formula is C16H18N6O4. The third kappa shape index (κ3) is 3.22. The normalized spacial score (nSPS) is 11.3. The number of hydrogen-bond acceptors (Lipinski definition) is 7. The molecule has 2 aromatic heterocycles. The molecule has 0 aliphatic heterocycles. The summed E-state index contributed by atoms with van der Waals surface area (Å²) < 4.78 is 7.79. The van der Waals surface area contributed by atoms with Gasteiger partial charge in [0.15, 0.2) is 11.2 Å². The minimum Gasteiger partial charge on any atom is -0.497 e. The quantitative estimate of drug-likeness (QED) is 0.416. The van der Waals surface area contributed by atoms with Crippen LogP contribution >= 0.6 is 0 Å². The Morgan fingerprint density at radius 1 is 1.35 bits per heavy atom. The molecule has 0 aliphatic carbocycles. The number of aryl methyl sites for hydroxylation is 1. The van der Waals surface area contributed by atoms with Gasteiger partial charge in [-0.05, 0) is 29.8 Å². The molecule has 26 heavy (non-hydrogen) atoms. The fourth-order valence-electron chi connectivity index (χ4n) is 2.49. The van der Waals surface area contributed by atoms with E-state index in [2.05, 4.69) is 20.5 Å². The van der Waals surface area contributed by atoms with Crippen molar-refractivity contribution in [3.63, 3.8) is 0 Å². The first-order valence-corrected chi connectivity index (χ1v) is 7.78.